The zero-order valence-corrected chi connectivity index (χ0v) is 10.5. The third kappa shape index (κ3) is 3.38. The van der Waals surface area contributed by atoms with Gasteiger partial charge in [0.05, 0.1) is 0 Å². The van der Waals surface area contributed by atoms with E-state index in [2.05, 4.69) is 46.3 Å². The standard InChI is InChI=1S/C14H13BrO/c15-13-7-9-14(10-8-13)16-11-12-5-3-1-2-4-6-12/h1,3-10H,2,11H2. The van der Waals surface area contributed by atoms with Gasteiger partial charge in [-0.15, -0.1) is 0 Å². The smallest absolute Gasteiger partial charge is 0.119 e. The van der Waals surface area contributed by atoms with Crippen LogP contribution in [0.1, 0.15) is 6.42 Å². The minimum atomic E-state index is 0.614. The Hall–Kier alpha value is -1.28. The quantitative estimate of drug-likeness (QED) is 0.801. The first kappa shape index (κ1) is 11.2. The maximum atomic E-state index is 5.68. The molecule has 82 valence electrons. The van der Waals surface area contributed by atoms with Crippen LogP contribution in [0, 0.1) is 0 Å². The molecule has 0 aromatic heterocycles. The van der Waals surface area contributed by atoms with Crippen LogP contribution in [-0.4, -0.2) is 6.61 Å². The Balaban J connectivity index is 1.94. The molecule has 0 N–H and O–H groups in total. The molecule has 0 saturated carbocycles. The van der Waals surface area contributed by atoms with E-state index in [-0.39, 0.29) is 0 Å². The number of hydrogen-bond acceptors (Lipinski definition) is 1. The first-order valence-electron chi connectivity index (χ1n) is 5.25. The van der Waals surface area contributed by atoms with Crippen LogP contribution >= 0.6 is 15.9 Å². The highest BCUT2D eigenvalue weighted by Crippen LogP contribution is 2.17. The van der Waals surface area contributed by atoms with E-state index in [1.807, 2.05) is 24.3 Å². The van der Waals surface area contributed by atoms with Gasteiger partial charge in [-0.05, 0) is 36.3 Å². The molecule has 1 aliphatic rings. The third-order valence-corrected chi connectivity index (χ3v) is 2.80. The molecule has 2 heteroatoms. The molecule has 0 spiro atoms. The van der Waals surface area contributed by atoms with Crippen LogP contribution in [0.25, 0.3) is 0 Å². The van der Waals surface area contributed by atoms with Crippen molar-refractivity contribution in [3.05, 3.63) is 64.7 Å². The summed E-state index contributed by atoms with van der Waals surface area (Å²) in [5.74, 6) is 0.894. The number of allylic oxidation sites excluding steroid dienone is 4. The van der Waals surface area contributed by atoms with Crippen molar-refractivity contribution in [2.45, 2.75) is 6.42 Å². The lowest BCUT2D eigenvalue weighted by molar-refractivity contribution is 0.355. The van der Waals surface area contributed by atoms with Crippen LogP contribution in [-0.2, 0) is 0 Å². The monoisotopic (exact) mass is 276 g/mol. The Labute approximate surface area is 104 Å². The third-order valence-electron chi connectivity index (χ3n) is 2.27. The van der Waals surface area contributed by atoms with Gasteiger partial charge >= 0.3 is 0 Å². The van der Waals surface area contributed by atoms with Crippen molar-refractivity contribution in [3.63, 3.8) is 0 Å². The van der Waals surface area contributed by atoms with Gasteiger partial charge in [-0.3, -0.25) is 0 Å². The Morgan fingerprint density at radius 2 is 1.94 bits per heavy atom. The lowest BCUT2D eigenvalue weighted by atomic mass is 10.2. The highest BCUT2D eigenvalue weighted by molar-refractivity contribution is 9.10. The van der Waals surface area contributed by atoms with Crippen molar-refractivity contribution in [3.8, 4) is 5.75 Å². The van der Waals surface area contributed by atoms with E-state index in [0.29, 0.717) is 6.61 Å². The largest absolute Gasteiger partial charge is 0.489 e. The summed E-state index contributed by atoms with van der Waals surface area (Å²) >= 11 is 3.40. The zero-order valence-electron chi connectivity index (χ0n) is 8.90. The Morgan fingerprint density at radius 3 is 2.75 bits per heavy atom. The van der Waals surface area contributed by atoms with E-state index in [4.69, 9.17) is 4.74 Å². The van der Waals surface area contributed by atoms with E-state index in [1.54, 1.807) is 0 Å². The summed E-state index contributed by atoms with van der Waals surface area (Å²) in [6.45, 7) is 0.614. The van der Waals surface area contributed by atoms with Crippen LogP contribution in [0.15, 0.2) is 64.7 Å². The molecule has 1 nitrogen and oxygen atoms in total. The lowest BCUT2D eigenvalue weighted by Crippen LogP contribution is -1.98. The molecule has 0 amide bonds. The van der Waals surface area contributed by atoms with Crippen molar-refractivity contribution in [2.24, 2.45) is 0 Å². The first-order chi connectivity index (χ1) is 7.84. The van der Waals surface area contributed by atoms with Gasteiger partial charge in [0.2, 0.25) is 0 Å². The van der Waals surface area contributed by atoms with Crippen LogP contribution in [0.4, 0.5) is 0 Å². The van der Waals surface area contributed by atoms with Crippen molar-refractivity contribution in [1.29, 1.82) is 0 Å². The fourth-order valence-corrected chi connectivity index (χ4v) is 1.68. The Kier molecular flexibility index (Phi) is 4.00. The number of ether oxygens (including phenoxy) is 1. The predicted octanol–water partition coefficient (Wildman–Crippen LogP) is 4.27. The molecule has 1 aliphatic carbocycles. The second kappa shape index (κ2) is 5.71. The molecule has 0 saturated heterocycles. The van der Waals surface area contributed by atoms with Crippen molar-refractivity contribution >= 4 is 15.9 Å². The maximum Gasteiger partial charge on any atom is 0.119 e. The van der Waals surface area contributed by atoms with E-state index in [9.17, 15) is 0 Å². The second-order valence-electron chi connectivity index (χ2n) is 3.55. The van der Waals surface area contributed by atoms with E-state index in [0.717, 1.165) is 16.6 Å². The minimum absolute atomic E-state index is 0.614. The molecule has 0 atom stereocenters. The summed E-state index contributed by atoms with van der Waals surface area (Å²) in [4.78, 5) is 0. The summed E-state index contributed by atoms with van der Waals surface area (Å²) in [5.41, 5.74) is 1.19. The maximum absolute atomic E-state index is 5.68. The summed E-state index contributed by atoms with van der Waals surface area (Å²) in [6, 6.07) is 7.88. The molecule has 1 aromatic carbocycles. The van der Waals surface area contributed by atoms with E-state index < -0.39 is 0 Å². The Morgan fingerprint density at radius 1 is 1.12 bits per heavy atom. The Bertz CT molecular complexity index is 427. The fourth-order valence-electron chi connectivity index (χ4n) is 1.42. The van der Waals surface area contributed by atoms with Crippen molar-refractivity contribution < 1.29 is 4.74 Å². The molecule has 16 heavy (non-hydrogen) atoms. The average molecular weight is 277 g/mol. The van der Waals surface area contributed by atoms with Gasteiger partial charge in [0.25, 0.3) is 0 Å². The van der Waals surface area contributed by atoms with Gasteiger partial charge in [-0.1, -0.05) is 46.3 Å². The molecule has 0 aliphatic heterocycles. The number of benzene rings is 1. The zero-order chi connectivity index (χ0) is 11.2. The molecular formula is C14H13BrO. The number of rotatable bonds is 3. The SMILES string of the molecule is Brc1ccc(OCC2=CC=CCC=C2)cc1. The lowest BCUT2D eigenvalue weighted by Gasteiger charge is -2.06. The predicted molar refractivity (Wildman–Crippen MR) is 70.6 cm³/mol. The second-order valence-corrected chi connectivity index (χ2v) is 4.47. The van der Waals surface area contributed by atoms with E-state index >= 15 is 0 Å². The molecular weight excluding hydrogens is 264 g/mol. The van der Waals surface area contributed by atoms with Gasteiger partial charge in [0.15, 0.2) is 0 Å². The van der Waals surface area contributed by atoms with Gasteiger partial charge in [0.1, 0.15) is 12.4 Å². The molecule has 0 radical (unpaired) electrons. The fraction of sp³-hybridized carbons (Fsp3) is 0.143. The summed E-state index contributed by atoms with van der Waals surface area (Å²) in [6.07, 6.45) is 11.5. The summed E-state index contributed by atoms with van der Waals surface area (Å²) in [5, 5.41) is 0. The number of halogens is 1. The van der Waals surface area contributed by atoms with Crippen LogP contribution < -0.4 is 4.74 Å². The van der Waals surface area contributed by atoms with Gasteiger partial charge in [0, 0.05) is 4.47 Å². The highest BCUT2D eigenvalue weighted by Gasteiger charge is 1.97. The van der Waals surface area contributed by atoms with Gasteiger partial charge < -0.3 is 4.74 Å². The molecule has 0 bridgehead atoms. The minimum Gasteiger partial charge on any atom is -0.489 e. The number of hydrogen-bond donors (Lipinski definition) is 0. The van der Waals surface area contributed by atoms with Gasteiger partial charge in [-0.2, -0.15) is 0 Å². The molecule has 0 unspecified atom stereocenters. The highest BCUT2D eigenvalue weighted by atomic mass is 79.9. The van der Waals surface area contributed by atoms with Crippen LogP contribution in [0.2, 0.25) is 0 Å². The summed E-state index contributed by atoms with van der Waals surface area (Å²) in [7, 11) is 0. The first-order valence-corrected chi connectivity index (χ1v) is 6.04. The van der Waals surface area contributed by atoms with Crippen molar-refractivity contribution in [2.75, 3.05) is 6.61 Å². The molecule has 0 heterocycles. The normalized spacial score (nSPS) is 14.4. The molecule has 0 fully saturated rings. The van der Waals surface area contributed by atoms with Crippen LogP contribution in [0.5, 0.6) is 5.75 Å². The topological polar surface area (TPSA) is 9.23 Å². The van der Waals surface area contributed by atoms with Crippen LogP contribution in [0.3, 0.4) is 0 Å². The average Bonchev–Trinajstić information content (AvgIpc) is 2.57. The summed E-state index contributed by atoms with van der Waals surface area (Å²) < 4.78 is 6.75. The molecule has 2 rings (SSSR count). The van der Waals surface area contributed by atoms with Gasteiger partial charge in [-0.25, -0.2) is 0 Å². The molecule has 1 aromatic rings. The van der Waals surface area contributed by atoms with Crippen molar-refractivity contribution in [1.82, 2.24) is 0 Å². The van der Waals surface area contributed by atoms with E-state index in [1.165, 1.54) is 5.57 Å².